The zero-order valence-corrected chi connectivity index (χ0v) is 7.88. The van der Waals surface area contributed by atoms with E-state index in [0.29, 0.717) is 16.3 Å². The molecule has 0 spiro atoms. The van der Waals surface area contributed by atoms with E-state index in [-0.39, 0.29) is 6.54 Å². The zero-order chi connectivity index (χ0) is 10.6. The highest BCUT2D eigenvalue weighted by Gasteiger charge is 2.03. The number of anilines is 1. The van der Waals surface area contributed by atoms with Gasteiger partial charge < -0.3 is 10.4 Å². The number of rotatable bonds is 3. The van der Waals surface area contributed by atoms with E-state index < -0.39 is 5.97 Å². The summed E-state index contributed by atoms with van der Waals surface area (Å²) in [5, 5.41) is 20.2. The number of benzene rings is 1. The quantitative estimate of drug-likeness (QED) is 0.797. The van der Waals surface area contributed by atoms with Gasteiger partial charge >= 0.3 is 5.97 Å². The molecule has 0 aliphatic carbocycles. The maximum atomic E-state index is 10.3. The van der Waals surface area contributed by atoms with Gasteiger partial charge in [0.15, 0.2) is 0 Å². The SMILES string of the molecule is N#Cc1ccc(Cl)cc1NCC(=O)O. The van der Waals surface area contributed by atoms with Crippen LogP contribution in [0.4, 0.5) is 5.69 Å². The lowest BCUT2D eigenvalue weighted by atomic mass is 10.2. The van der Waals surface area contributed by atoms with Gasteiger partial charge in [0.25, 0.3) is 0 Å². The third-order valence-corrected chi connectivity index (χ3v) is 1.77. The standard InChI is InChI=1S/C9H7ClN2O2/c10-7-2-1-6(4-11)8(3-7)12-5-9(13)14/h1-3,12H,5H2,(H,13,14). The summed E-state index contributed by atoms with van der Waals surface area (Å²) >= 11 is 5.69. The Kier molecular flexibility index (Phi) is 3.32. The Morgan fingerprint density at radius 1 is 1.64 bits per heavy atom. The van der Waals surface area contributed by atoms with E-state index in [4.69, 9.17) is 22.0 Å². The Morgan fingerprint density at radius 3 is 2.93 bits per heavy atom. The van der Waals surface area contributed by atoms with Crippen molar-refractivity contribution in [1.29, 1.82) is 5.26 Å². The maximum Gasteiger partial charge on any atom is 0.322 e. The van der Waals surface area contributed by atoms with Crippen molar-refractivity contribution in [2.45, 2.75) is 0 Å². The van der Waals surface area contributed by atoms with Crippen molar-refractivity contribution < 1.29 is 9.90 Å². The van der Waals surface area contributed by atoms with Gasteiger partial charge in [-0.05, 0) is 18.2 Å². The van der Waals surface area contributed by atoms with Crippen molar-refractivity contribution in [2.24, 2.45) is 0 Å². The highest BCUT2D eigenvalue weighted by molar-refractivity contribution is 6.30. The lowest BCUT2D eigenvalue weighted by molar-refractivity contribution is -0.134. The van der Waals surface area contributed by atoms with Gasteiger partial charge in [-0.25, -0.2) is 0 Å². The second-order valence-corrected chi connectivity index (χ2v) is 2.99. The number of nitriles is 1. The molecule has 0 heterocycles. The first-order valence-corrected chi connectivity index (χ1v) is 4.16. The number of carboxylic acid groups (broad SMARTS) is 1. The Morgan fingerprint density at radius 2 is 2.36 bits per heavy atom. The fourth-order valence-electron chi connectivity index (χ4n) is 0.931. The van der Waals surface area contributed by atoms with Crippen molar-refractivity contribution in [3.8, 4) is 6.07 Å². The van der Waals surface area contributed by atoms with E-state index in [2.05, 4.69) is 5.32 Å². The number of carboxylic acids is 1. The Bertz CT molecular complexity index is 398. The molecule has 0 amide bonds. The first-order chi connectivity index (χ1) is 6.63. The van der Waals surface area contributed by atoms with E-state index in [1.54, 1.807) is 6.07 Å². The fourth-order valence-corrected chi connectivity index (χ4v) is 1.10. The molecule has 0 saturated heterocycles. The van der Waals surface area contributed by atoms with E-state index in [9.17, 15) is 4.79 Å². The topological polar surface area (TPSA) is 73.1 Å². The van der Waals surface area contributed by atoms with Gasteiger partial charge in [0.2, 0.25) is 0 Å². The van der Waals surface area contributed by atoms with Crippen LogP contribution in [-0.4, -0.2) is 17.6 Å². The van der Waals surface area contributed by atoms with Crippen LogP contribution in [0.25, 0.3) is 0 Å². The number of aliphatic carboxylic acids is 1. The number of nitrogens with one attached hydrogen (secondary N) is 1. The first-order valence-electron chi connectivity index (χ1n) is 3.79. The number of carbonyl (C=O) groups is 1. The van der Waals surface area contributed by atoms with E-state index in [0.717, 1.165) is 0 Å². The van der Waals surface area contributed by atoms with Crippen molar-refractivity contribution in [3.63, 3.8) is 0 Å². The number of hydrogen-bond acceptors (Lipinski definition) is 3. The highest BCUT2D eigenvalue weighted by Crippen LogP contribution is 2.19. The minimum absolute atomic E-state index is 0.241. The van der Waals surface area contributed by atoms with Crippen LogP contribution in [0.5, 0.6) is 0 Å². The molecule has 0 aliphatic heterocycles. The molecule has 1 aromatic rings. The summed E-state index contributed by atoms with van der Waals surface area (Å²) in [5.74, 6) is -0.992. The molecular weight excluding hydrogens is 204 g/mol. The Labute approximate surface area is 85.7 Å². The van der Waals surface area contributed by atoms with Gasteiger partial charge in [-0.1, -0.05) is 11.6 Å². The molecule has 1 rings (SSSR count). The zero-order valence-electron chi connectivity index (χ0n) is 7.12. The van der Waals surface area contributed by atoms with Gasteiger partial charge in [-0.2, -0.15) is 5.26 Å². The monoisotopic (exact) mass is 210 g/mol. The number of halogens is 1. The molecule has 0 aromatic heterocycles. The number of nitrogens with zero attached hydrogens (tertiary/aromatic N) is 1. The third-order valence-electron chi connectivity index (χ3n) is 1.53. The molecule has 0 bridgehead atoms. The summed E-state index contributed by atoms with van der Waals surface area (Å²) in [7, 11) is 0. The van der Waals surface area contributed by atoms with Crippen LogP contribution in [0.1, 0.15) is 5.56 Å². The van der Waals surface area contributed by atoms with Crippen LogP contribution in [0, 0.1) is 11.3 Å². The van der Waals surface area contributed by atoms with Gasteiger partial charge in [0, 0.05) is 5.02 Å². The minimum atomic E-state index is -0.992. The van der Waals surface area contributed by atoms with Gasteiger partial charge in [0.1, 0.15) is 12.6 Å². The van der Waals surface area contributed by atoms with E-state index in [1.807, 2.05) is 6.07 Å². The molecule has 0 atom stereocenters. The van der Waals surface area contributed by atoms with Gasteiger partial charge in [-0.15, -0.1) is 0 Å². The molecule has 72 valence electrons. The summed E-state index contributed by atoms with van der Waals surface area (Å²) in [5.41, 5.74) is 0.804. The summed E-state index contributed by atoms with van der Waals surface area (Å²) in [4.78, 5) is 10.3. The van der Waals surface area contributed by atoms with E-state index >= 15 is 0 Å². The van der Waals surface area contributed by atoms with E-state index in [1.165, 1.54) is 12.1 Å². The molecule has 2 N–H and O–H groups in total. The summed E-state index contributed by atoms with van der Waals surface area (Å²) in [6, 6.07) is 6.56. The van der Waals surface area contributed by atoms with Crippen LogP contribution < -0.4 is 5.32 Å². The molecule has 14 heavy (non-hydrogen) atoms. The number of hydrogen-bond donors (Lipinski definition) is 2. The smallest absolute Gasteiger partial charge is 0.322 e. The summed E-state index contributed by atoms with van der Waals surface area (Å²) in [6.45, 7) is -0.241. The molecular formula is C9H7ClN2O2. The third kappa shape index (κ3) is 2.64. The highest BCUT2D eigenvalue weighted by atomic mass is 35.5. The van der Waals surface area contributed by atoms with Crippen LogP contribution in [0.2, 0.25) is 5.02 Å². The lowest BCUT2D eigenvalue weighted by Gasteiger charge is -2.05. The summed E-state index contributed by atoms with van der Waals surface area (Å²) < 4.78 is 0. The average Bonchev–Trinajstić information content (AvgIpc) is 2.15. The predicted molar refractivity (Wildman–Crippen MR) is 52.3 cm³/mol. The minimum Gasteiger partial charge on any atom is -0.480 e. The van der Waals surface area contributed by atoms with Crippen LogP contribution in [0.3, 0.4) is 0 Å². The second kappa shape index (κ2) is 4.49. The van der Waals surface area contributed by atoms with Crippen molar-refractivity contribution >= 4 is 23.3 Å². The second-order valence-electron chi connectivity index (χ2n) is 2.55. The first kappa shape index (κ1) is 10.4. The molecule has 0 aliphatic rings. The molecule has 4 nitrogen and oxygen atoms in total. The average molecular weight is 211 g/mol. The van der Waals surface area contributed by atoms with Gasteiger partial charge in [0.05, 0.1) is 11.3 Å². The maximum absolute atomic E-state index is 10.3. The van der Waals surface area contributed by atoms with Crippen molar-refractivity contribution in [2.75, 3.05) is 11.9 Å². The molecule has 1 aromatic carbocycles. The predicted octanol–water partition coefficient (Wildman–Crippen LogP) is 1.71. The van der Waals surface area contributed by atoms with Crippen LogP contribution in [0.15, 0.2) is 18.2 Å². The molecule has 5 heteroatoms. The summed E-state index contributed by atoms with van der Waals surface area (Å²) in [6.07, 6.45) is 0. The fraction of sp³-hybridized carbons (Fsp3) is 0.111. The van der Waals surface area contributed by atoms with Gasteiger partial charge in [-0.3, -0.25) is 4.79 Å². The Hall–Kier alpha value is -1.73. The lowest BCUT2D eigenvalue weighted by Crippen LogP contribution is -2.13. The Balaban J connectivity index is 2.89. The van der Waals surface area contributed by atoms with Crippen LogP contribution >= 0.6 is 11.6 Å². The van der Waals surface area contributed by atoms with Crippen molar-refractivity contribution in [1.82, 2.24) is 0 Å². The molecule has 0 saturated carbocycles. The van der Waals surface area contributed by atoms with Crippen LogP contribution in [-0.2, 0) is 4.79 Å². The molecule has 0 radical (unpaired) electrons. The molecule has 0 unspecified atom stereocenters. The van der Waals surface area contributed by atoms with Crippen molar-refractivity contribution in [3.05, 3.63) is 28.8 Å². The molecule has 0 fully saturated rings. The largest absolute Gasteiger partial charge is 0.480 e. The normalized spacial score (nSPS) is 9.14.